The molecule has 3 aromatic rings. The molecule has 0 spiro atoms. The molecule has 0 fully saturated rings. The first-order valence-electron chi connectivity index (χ1n) is 9.19. The number of esters is 1. The van der Waals surface area contributed by atoms with E-state index in [0.717, 1.165) is 10.0 Å². The molecule has 0 radical (unpaired) electrons. The van der Waals surface area contributed by atoms with Crippen LogP contribution in [0.2, 0.25) is 0 Å². The number of carbonyl (C=O) groups is 3. The Morgan fingerprint density at radius 3 is 2.35 bits per heavy atom. The Bertz CT molecular complexity index is 1130. The van der Waals surface area contributed by atoms with Crippen LogP contribution in [0.5, 0.6) is 5.75 Å². The Morgan fingerprint density at radius 1 is 0.935 bits per heavy atom. The molecule has 0 aliphatic carbocycles. The van der Waals surface area contributed by atoms with E-state index in [1.54, 1.807) is 60.7 Å². The van der Waals surface area contributed by atoms with Gasteiger partial charge >= 0.3 is 17.8 Å². The van der Waals surface area contributed by atoms with E-state index in [2.05, 4.69) is 31.8 Å². The average Bonchev–Trinajstić information content (AvgIpc) is 2.76. The van der Waals surface area contributed by atoms with Crippen LogP contribution in [0, 0.1) is 6.92 Å². The first-order chi connectivity index (χ1) is 14.9. The molecule has 0 aliphatic heterocycles. The minimum Gasteiger partial charge on any atom is -0.423 e. The van der Waals surface area contributed by atoms with E-state index >= 15 is 0 Å². The summed E-state index contributed by atoms with van der Waals surface area (Å²) in [6.45, 7) is 1.93. The van der Waals surface area contributed by atoms with Crippen molar-refractivity contribution >= 4 is 45.6 Å². The van der Waals surface area contributed by atoms with Crippen LogP contribution in [-0.2, 0) is 9.59 Å². The summed E-state index contributed by atoms with van der Waals surface area (Å²) in [4.78, 5) is 36.0. The number of halogens is 1. The van der Waals surface area contributed by atoms with Crippen molar-refractivity contribution in [3.8, 4) is 5.75 Å². The Hall–Kier alpha value is -3.78. The van der Waals surface area contributed by atoms with Gasteiger partial charge in [-0.3, -0.25) is 9.59 Å². The molecular weight excluding hydrogens is 462 g/mol. The van der Waals surface area contributed by atoms with Crippen LogP contribution in [-0.4, -0.2) is 24.0 Å². The maximum atomic E-state index is 12.2. The lowest BCUT2D eigenvalue weighted by molar-refractivity contribution is -0.136. The summed E-state index contributed by atoms with van der Waals surface area (Å²) >= 11 is 3.29. The van der Waals surface area contributed by atoms with Crippen molar-refractivity contribution < 1.29 is 19.1 Å². The Labute approximate surface area is 187 Å². The fourth-order valence-corrected chi connectivity index (χ4v) is 2.72. The van der Waals surface area contributed by atoms with E-state index in [1.807, 2.05) is 19.1 Å². The number of ether oxygens (including phenoxy) is 1. The highest BCUT2D eigenvalue weighted by Gasteiger charge is 2.13. The van der Waals surface area contributed by atoms with E-state index in [-0.39, 0.29) is 0 Å². The predicted octanol–water partition coefficient (Wildman–Crippen LogP) is 4.07. The first kappa shape index (κ1) is 21.9. The van der Waals surface area contributed by atoms with Gasteiger partial charge in [0, 0.05) is 10.2 Å². The van der Waals surface area contributed by atoms with Crippen LogP contribution >= 0.6 is 15.9 Å². The summed E-state index contributed by atoms with van der Waals surface area (Å²) in [6.07, 6.45) is 1.34. The summed E-state index contributed by atoms with van der Waals surface area (Å²) in [5.41, 5.74) is 4.69. The average molecular weight is 480 g/mol. The molecule has 156 valence electrons. The van der Waals surface area contributed by atoms with Gasteiger partial charge in [-0.05, 0) is 61.0 Å². The van der Waals surface area contributed by atoms with Gasteiger partial charge in [0.2, 0.25) is 0 Å². The normalized spacial score (nSPS) is 10.5. The van der Waals surface area contributed by atoms with Gasteiger partial charge in [-0.2, -0.15) is 5.10 Å². The number of aryl methyl sites for hydroxylation is 1. The third-order valence-corrected chi connectivity index (χ3v) is 4.57. The maximum Gasteiger partial charge on any atom is 0.343 e. The van der Waals surface area contributed by atoms with Crippen LogP contribution in [0.1, 0.15) is 21.5 Å². The largest absolute Gasteiger partial charge is 0.423 e. The molecule has 2 N–H and O–H groups in total. The van der Waals surface area contributed by atoms with Crippen LogP contribution in [0.3, 0.4) is 0 Å². The number of hydrogen-bond acceptors (Lipinski definition) is 5. The van der Waals surface area contributed by atoms with E-state index in [0.29, 0.717) is 22.6 Å². The lowest BCUT2D eigenvalue weighted by Gasteiger charge is -2.05. The number of carbonyl (C=O) groups excluding carboxylic acids is 3. The molecule has 7 nitrogen and oxygen atoms in total. The third-order valence-electron chi connectivity index (χ3n) is 4.04. The SMILES string of the molecule is Cc1ccc(C(=O)Oc2cccc(C=NNC(=O)C(=O)Nc3ccc(Br)cc3)c2)cc1. The second-order valence-corrected chi connectivity index (χ2v) is 7.40. The predicted molar refractivity (Wildman–Crippen MR) is 121 cm³/mol. The molecule has 0 saturated heterocycles. The highest BCUT2D eigenvalue weighted by atomic mass is 79.9. The molecule has 0 saturated carbocycles. The zero-order chi connectivity index (χ0) is 22.2. The van der Waals surface area contributed by atoms with Crippen molar-refractivity contribution in [2.45, 2.75) is 6.92 Å². The van der Waals surface area contributed by atoms with Crippen molar-refractivity contribution in [3.05, 3.63) is 94.0 Å². The summed E-state index contributed by atoms with van der Waals surface area (Å²) in [6, 6.07) is 20.4. The van der Waals surface area contributed by atoms with Crippen LogP contribution in [0.25, 0.3) is 0 Å². The second-order valence-electron chi connectivity index (χ2n) is 6.49. The zero-order valence-corrected chi connectivity index (χ0v) is 18.0. The van der Waals surface area contributed by atoms with Crippen molar-refractivity contribution in [1.29, 1.82) is 0 Å². The molecule has 8 heteroatoms. The molecule has 31 heavy (non-hydrogen) atoms. The lowest BCUT2D eigenvalue weighted by Crippen LogP contribution is -2.32. The quantitative estimate of drug-likeness (QED) is 0.189. The van der Waals surface area contributed by atoms with Crippen molar-refractivity contribution in [3.63, 3.8) is 0 Å². The topological polar surface area (TPSA) is 96.9 Å². The number of hydrazone groups is 1. The van der Waals surface area contributed by atoms with Crippen LogP contribution in [0.4, 0.5) is 5.69 Å². The zero-order valence-electron chi connectivity index (χ0n) is 16.5. The smallest absolute Gasteiger partial charge is 0.343 e. The van der Waals surface area contributed by atoms with Gasteiger partial charge in [0.05, 0.1) is 11.8 Å². The Morgan fingerprint density at radius 2 is 1.65 bits per heavy atom. The molecular formula is C23H18BrN3O4. The summed E-state index contributed by atoms with van der Waals surface area (Å²) in [7, 11) is 0. The lowest BCUT2D eigenvalue weighted by atomic mass is 10.1. The minimum atomic E-state index is -0.916. The van der Waals surface area contributed by atoms with E-state index in [9.17, 15) is 14.4 Å². The second kappa shape index (κ2) is 10.3. The number of amides is 2. The standard InChI is InChI=1S/C23H18BrN3O4/c1-15-5-7-17(8-6-15)23(30)31-20-4-2-3-16(13-20)14-25-27-22(29)21(28)26-19-11-9-18(24)10-12-19/h2-14H,1H3,(H,26,28)(H,27,29). The third kappa shape index (κ3) is 6.61. The van der Waals surface area contributed by atoms with Crippen molar-refractivity contribution in [2.75, 3.05) is 5.32 Å². The fraction of sp³-hybridized carbons (Fsp3) is 0.0435. The Kier molecular flexibility index (Phi) is 7.29. The van der Waals surface area contributed by atoms with Crippen molar-refractivity contribution in [2.24, 2.45) is 5.10 Å². The van der Waals surface area contributed by atoms with Gasteiger partial charge in [0.15, 0.2) is 0 Å². The van der Waals surface area contributed by atoms with E-state index in [1.165, 1.54) is 6.21 Å². The highest BCUT2D eigenvalue weighted by molar-refractivity contribution is 9.10. The van der Waals surface area contributed by atoms with Gasteiger partial charge < -0.3 is 10.1 Å². The van der Waals surface area contributed by atoms with Gasteiger partial charge in [-0.25, -0.2) is 10.2 Å². The number of nitrogens with zero attached hydrogens (tertiary/aromatic N) is 1. The summed E-state index contributed by atoms with van der Waals surface area (Å²) in [5.74, 6) is -1.91. The Balaban J connectivity index is 1.55. The highest BCUT2D eigenvalue weighted by Crippen LogP contribution is 2.15. The minimum absolute atomic E-state index is 0.328. The number of anilines is 1. The van der Waals surface area contributed by atoms with Gasteiger partial charge in [-0.1, -0.05) is 45.8 Å². The number of rotatable bonds is 5. The molecule has 0 atom stereocenters. The molecule has 0 heterocycles. The monoisotopic (exact) mass is 479 g/mol. The van der Waals surface area contributed by atoms with Crippen LogP contribution < -0.4 is 15.5 Å². The molecule has 0 unspecified atom stereocenters. The number of hydrogen-bond donors (Lipinski definition) is 2. The van der Waals surface area contributed by atoms with Gasteiger partial charge in [-0.15, -0.1) is 0 Å². The van der Waals surface area contributed by atoms with Crippen LogP contribution in [0.15, 0.2) is 82.4 Å². The maximum absolute atomic E-state index is 12.2. The molecule has 0 aromatic heterocycles. The molecule has 3 aromatic carbocycles. The fourth-order valence-electron chi connectivity index (χ4n) is 2.45. The van der Waals surface area contributed by atoms with Gasteiger partial charge in [0.25, 0.3) is 0 Å². The molecule has 2 amide bonds. The van der Waals surface area contributed by atoms with E-state index in [4.69, 9.17) is 4.74 Å². The van der Waals surface area contributed by atoms with E-state index < -0.39 is 17.8 Å². The molecule has 3 rings (SSSR count). The number of nitrogens with one attached hydrogen (secondary N) is 2. The van der Waals surface area contributed by atoms with Gasteiger partial charge in [0.1, 0.15) is 5.75 Å². The molecule has 0 aliphatic rings. The summed E-state index contributed by atoms with van der Waals surface area (Å²) < 4.78 is 6.22. The first-order valence-corrected chi connectivity index (χ1v) is 9.99. The molecule has 0 bridgehead atoms. The summed E-state index contributed by atoms with van der Waals surface area (Å²) in [5, 5.41) is 6.24. The number of benzene rings is 3. The van der Waals surface area contributed by atoms with Crippen molar-refractivity contribution in [1.82, 2.24) is 5.43 Å².